The van der Waals surface area contributed by atoms with E-state index in [0.717, 1.165) is 0 Å². The van der Waals surface area contributed by atoms with Crippen molar-refractivity contribution in [3.05, 3.63) is 28.2 Å². The van der Waals surface area contributed by atoms with Gasteiger partial charge in [-0.05, 0) is 37.5 Å². The van der Waals surface area contributed by atoms with Crippen molar-refractivity contribution in [1.82, 2.24) is 4.31 Å². The number of rotatable bonds is 5. The predicted molar refractivity (Wildman–Crippen MR) is 93.5 cm³/mol. The maximum atomic E-state index is 12.3. The average Bonchev–Trinajstić information content (AvgIpc) is 2.51. The van der Waals surface area contributed by atoms with E-state index < -0.39 is 10.0 Å². The maximum Gasteiger partial charge on any atom is 0.227 e. The summed E-state index contributed by atoms with van der Waals surface area (Å²) >= 11 is 11.9. The third-order valence-corrected chi connectivity index (χ3v) is 6.51. The second kappa shape index (κ2) is 7.83. The van der Waals surface area contributed by atoms with Gasteiger partial charge in [0.2, 0.25) is 15.9 Å². The first kappa shape index (κ1) is 18.5. The number of hydrogen-bond donors (Lipinski definition) is 1. The maximum absolute atomic E-state index is 12.3. The first-order valence-electron chi connectivity index (χ1n) is 7.57. The average molecular weight is 379 g/mol. The van der Waals surface area contributed by atoms with Crippen LogP contribution in [0, 0.1) is 5.92 Å². The van der Waals surface area contributed by atoms with Crippen molar-refractivity contribution in [2.45, 2.75) is 26.2 Å². The normalized spacial score (nSPS) is 17.2. The van der Waals surface area contributed by atoms with Gasteiger partial charge in [-0.15, -0.1) is 0 Å². The van der Waals surface area contributed by atoms with Crippen molar-refractivity contribution in [3.63, 3.8) is 0 Å². The largest absolute Gasteiger partial charge is 0.324 e. The number of nitrogens with one attached hydrogen (secondary N) is 1. The van der Waals surface area contributed by atoms with Gasteiger partial charge in [-0.1, -0.05) is 30.1 Å². The molecule has 1 saturated heterocycles. The molecule has 1 aromatic rings. The van der Waals surface area contributed by atoms with E-state index in [1.807, 2.05) is 6.92 Å². The van der Waals surface area contributed by atoms with Crippen LogP contribution in [0.1, 0.15) is 26.2 Å². The highest BCUT2D eigenvalue weighted by molar-refractivity contribution is 7.89. The molecule has 1 aliphatic heterocycles. The fourth-order valence-electron chi connectivity index (χ4n) is 2.61. The Morgan fingerprint density at radius 2 is 1.96 bits per heavy atom. The van der Waals surface area contributed by atoms with Crippen molar-refractivity contribution < 1.29 is 13.2 Å². The van der Waals surface area contributed by atoms with E-state index in [2.05, 4.69) is 5.32 Å². The Morgan fingerprint density at radius 1 is 1.30 bits per heavy atom. The Balaban J connectivity index is 1.95. The second-order valence-electron chi connectivity index (χ2n) is 5.60. The molecule has 0 aromatic heterocycles. The number of benzene rings is 1. The smallest absolute Gasteiger partial charge is 0.227 e. The van der Waals surface area contributed by atoms with Gasteiger partial charge in [0.25, 0.3) is 0 Å². The molecule has 1 aromatic carbocycles. The minimum Gasteiger partial charge on any atom is -0.324 e. The minimum absolute atomic E-state index is 0.151. The lowest BCUT2D eigenvalue weighted by atomic mass is 9.97. The molecule has 0 radical (unpaired) electrons. The standard InChI is InChI=1S/C15H20Cl2N2O3S/c1-2-9-23(21,22)19-7-5-11(6-8-19)15(20)18-14-10-12(16)3-4-13(14)17/h3-4,10-11H,2,5-9H2,1H3,(H,18,20). The Morgan fingerprint density at radius 3 is 2.57 bits per heavy atom. The number of sulfonamides is 1. The zero-order valence-corrected chi connectivity index (χ0v) is 15.2. The van der Waals surface area contributed by atoms with Crippen LogP contribution in [0.2, 0.25) is 10.0 Å². The van der Waals surface area contributed by atoms with E-state index in [9.17, 15) is 13.2 Å². The van der Waals surface area contributed by atoms with E-state index in [1.54, 1.807) is 18.2 Å². The summed E-state index contributed by atoms with van der Waals surface area (Å²) < 4.78 is 25.5. The highest BCUT2D eigenvalue weighted by atomic mass is 35.5. The number of hydrogen-bond acceptors (Lipinski definition) is 3. The van der Waals surface area contributed by atoms with Gasteiger partial charge in [-0.3, -0.25) is 4.79 Å². The molecule has 0 saturated carbocycles. The summed E-state index contributed by atoms with van der Waals surface area (Å²) in [4.78, 5) is 12.3. The molecule has 0 bridgehead atoms. The summed E-state index contributed by atoms with van der Waals surface area (Å²) in [6.07, 6.45) is 1.61. The van der Waals surface area contributed by atoms with E-state index in [-0.39, 0.29) is 17.6 Å². The highest BCUT2D eigenvalue weighted by Crippen LogP contribution is 2.27. The van der Waals surface area contributed by atoms with Gasteiger partial charge in [0, 0.05) is 24.0 Å². The Labute approximate surface area is 147 Å². The SMILES string of the molecule is CCCS(=O)(=O)N1CCC(C(=O)Nc2cc(Cl)ccc2Cl)CC1. The van der Waals surface area contributed by atoms with E-state index in [0.29, 0.717) is 48.1 Å². The number of halogens is 2. The van der Waals surface area contributed by atoms with E-state index in [4.69, 9.17) is 23.2 Å². The van der Waals surface area contributed by atoms with Crippen LogP contribution in [-0.4, -0.2) is 37.5 Å². The predicted octanol–water partition coefficient (Wildman–Crippen LogP) is 3.38. The molecule has 23 heavy (non-hydrogen) atoms. The van der Waals surface area contributed by atoms with Gasteiger partial charge >= 0.3 is 0 Å². The first-order chi connectivity index (χ1) is 10.8. The molecule has 1 fully saturated rings. The molecule has 1 amide bonds. The molecule has 0 spiro atoms. The van der Waals surface area contributed by atoms with Gasteiger partial charge < -0.3 is 5.32 Å². The summed E-state index contributed by atoms with van der Waals surface area (Å²) in [5, 5.41) is 3.69. The van der Waals surface area contributed by atoms with Crippen molar-refractivity contribution in [2.24, 2.45) is 5.92 Å². The summed E-state index contributed by atoms with van der Waals surface area (Å²) in [6, 6.07) is 4.87. The zero-order chi connectivity index (χ0) is 17.0. The van der Waals surface area contributed by atoms with Crippen LogP contribution in [0.15, 0.2) is 18.2 Å². The van der Waals surface area contributed by atoms with Crippen molar-refractivity contribution >= 4 is 44.8 Å². The number of carbonyl (C=O) groups excluding carboxylic acids is 1. The summed E-state index contributed by atoms with van der Waals surface area (Å²) in [5.74, 6) is -0.220. The number of piperidine rings is 1. The van der Waals surface area contributed by atoms with Crippen molar-refractivity contribution in [1.29, 1.82) is 0 Å². The molecule has 8 heteroatoms. The number of amides is 1. The Bertz CT molecular complexity index is 671. The van der Waals surface area contributed by atoms with Gasteiger partial charge in [-0.25, -0.2) is 12.7 Å². The quantitative estimate of drug-likeness (QED) is 0.853. The van der Waals surface area contributed by atoms with Crippen molar-refractivity contribution in [2.75, 3.05) is 24.2 Å². The number of carbonyl (C=O) groups is 1. The van der Waals surface area contributed by atoms with Crippen LogP contribution in [0.3, 0.4) is 0 Å². The monoisotopic (exact) mass is 378 g/mol. The third kappa shape index (κ3) is 4.83. The molecule has 5 nitrogen and oxygen atoms in total. The molecule has 0 aliphatic carbocycles. The minimum atomic E-state index is -3.19. The van der Waals surface area contributed by atoms with Crippen LogP contribution >= 0.6 is 23.2 Å². The van der Waals surface area contributed by atoms with Gasteiger partial charge in [0.1, 0.15) is 0 Å². The summed E-state index contributed by atoms with van der Waals surface area (Å²) in [7, 11) is -3.19. The van der Waals surface area contributed by atoms with E-state index >= 15 is 0 Å². The van der Waals surface area contributed by atoms with Crippen LogP contribution in [0.4, 0.5) is 5.69 Å². The zero-order valence-electron chi connectivity index (χ0n) is 12.9. The molecule has 1 aliphatic rings. The number of nitrogens with zero attached hydrogens (tertiary/aromatic N) is 1. The van der Waals surface area contributed by atoms with Crippen LogP contribution in [0.25, 0.3) is 0 Å². The van der Waals surface area contributed by atoms with Gasteiger partial charge in [-0.2, -0.15) is 0 Å². The van der Waals surface area contributed by atoms with Crippen LogP contribution in [-0.2, 0) is 14.8 Å². The number of anilines is 1. The molecule has 0 atom stereocenters. The molecule has 2 rings (SSSR count). The van der Waals surface area contributed by atoms with Gasteiger partial charge in [0.05, 0.1) is 16.5 Å². The first-order valence-corrected chi connectivity index (χ1v) is 9.93. The highest BCUT2D eigenvalue weighted by Gasteiger charge is 2.30. The lowest BCUT2D eigenvalue weighted by Crippen LogP contribution is -2.42. The fourth-order valence-corrected chi connectivity index (χ4v) is 4.49. The van der Waals surface area contributed by atoms with Crippen molar-refractivity contribution in [3.8, 4) is 0 Å². The fraction of sp³-hybridized carbons (Fsp3) is 0.533. The summed E-state index contributed by atoms with van der Waals surface area (Å²) in [5.41, 5.74) is 0.477. The molecule has 0 unspecified atom stereocenters. The molecule has 128 valence electrons. The lowest BCUT2D eigenvalue weighted by Gasteiger charge is -2.30. The third-order valence-electron chi connectivity index (χ3n) is 3.87. The summed E-state index contributed by atoms with van der Waals surface area (Å²) in [6.45, 7) is 2.60. The van der Waals surface area contributed by atoms with Crippen LogP contribution in [0.5, 0.6) is 0 Å². The molecular formula is C15H20Cl2N2O3S. The van der Waals surface area contributed by atoms with Crippen LogP contribution < -0.4 is 5.32 Å². The molecular weight excluding hydrogens is 359 g/mol. The lowest BCUT2D eigenvalue weighted by molar-refractivity contribution is -0.120. The topological polar surface area (TPSA) is 66.5 Å². The molecule has 1 N–H and O–H groups in total. The Kier molecular flexibility index (Phi) is 6.31. The Hall–Kier alpha value is -0.820. The van der Waals surface area contributed by atoms with E-state index in [1.165, 1.54) is 4.31 Å². The molecule has 1 heterocycles. The second-order valence-corrected chi connectivity index (χ2v) is 8.53. The van der Waals surface area contributed by atoms with Gasteiger partial charge in [0.15, 0.2) is 0 Å².